The lowest BCUT2D eigenvalue weighted by atomic mass is 10.1. The smallest absolute Gasteiger partial charge is 0.0361 e. The van der Waals surface area contributed by atoms with E-state index in [2.05, 4.69) is 34.1 Å². The van der Waals surface area contributed by atoms with Gasteiger partial charge in [0.25, 0.3) is 0 Å². The van der Waals surface area contributed by atoms with Gasteiger partial charge in [0.15, 0.2) is 0 Å². The standard InChI is InChI=1S/C13H14N2.ClH/c1-15(2)13-5-3-11(4-6-13)12-7-9-14-10-8-12;/h3-10H,1-2H3;1H. The highest BCUT2D eigenvalue weighted by Crippen LogP contribution is 2.21. The summed E-state index contributed by atoms with van der Waals surface area (Å²) in [5.74, 6) is 0. The maximum Gasteiger partial charge on any atom is 0.0361 e. The van der Waals surface area contributed by atoms with Crippen LogP contribution in [0.5, 0.6) is 0 Å². The fraction of sp³-hybridized carbons (Fsp3) is 0.154. The zero-order valence-electron chi connectivity index (χ0n) is 9.42. The van der Waals surface area contributed by atoms with Gasteiger partial charge in [-0.2, -0.15) is 0 Å². The zero-order valence-corrected chi connectivity index (χ0v) is 10.2. The third-order valence-electron chi connectivity index (χ3n) is 2.40. The van der Waals surface area contributed by atoms with E-state index in [0.29, 0.717) is 0 Å². The molecule has 1 aromatic heterocycles. The molecule has 1 heterocycles. The predicted molar refractivity (Wildman–Crippen MR) is 71.2 cm³/mol. The number of nitrogens with zero attached hydrogens (tertiary/aromatic N) is 2. The molecule has 0 N–H and O–H groups in total. The summed E-state index contributed by atoms with van der Waals surface area (Å²) >= 11 is 0. The van der Waals surface area contributed by atoms with Crippen molar-refractivity contribution >= 4 is 18.1 Å². The maximum atomic E-state index is 4.01. The molecule has 0 radical (unpaired) electrons. The van der Waals surface area contributed by atoms with E-state index in [1.165, 1.54) is 16.8 Å². The molecule has 0 unspecified atom stereocenters. The van der Waals surface area contributed by atoms with Crippen molar-refractivity contribution in [2.24, 2.45) is 0 Å². The third-order valence-corrected chi connectivity index (χ3v) is 2.40. The van der Waals surface area contributed by atoms with Crippen molar-refractivity contribution < 1.29 is 0 Å². The molecule has 0 amide bonds. The van der Waals surface area contributed by atoms with Crippen LogP contribution in [0.3, 0.4) is 0 Å². The first-order valence-electron chi connectivity index (χ1n) is 4.95. The molecule has 3 heteroatoms. The fourth-order valence-corrected chi connectivity index (χ4v) is 1.50. The van der Waals surface area contributed by atoms with Crippen LogP contribution in [-0.4, -0.2) is 19.1 Å². The van der Waals surface area contributed by atoms with E-state index in [1.54, 1.807) is 0 Å². The van der Waals surface area contributed by atoms with Gasteiger partial charge in [-0.15, -0.1) is 12.4 Å². The molecule has 0 spiro atoms. The van der Waals surface area contributed by atoms with Crippen LogP contribution in [0.25, 0.3) is 11.1 Å². The van der Waals surface area contributed by atoms with Crippen LogP contribution in [0.4, 0.5) is 5.69 Å². The van der Waals surface area contributed by atoms with Crippen LogP contribution in [0.2, 0.25) is 0 Å². The van der Waals surface area contributed by atoms with E-state index in [0.717, 1.165) is 0 Å². The maximum absolute atomic E-state index is 4.01. The lowest BCUT2D eigenvalue weighted by molar-refractivity contribution is 1.13. The molecule has 0 atom stereocenters. The Balaban J connectivity index is 0.00000128. The van der Waals surface area contributed by atoms with Gasteiger partial charge < -0.3 is 4.90 Å². The minimum Gasteiger partial charge on any atom is -0.378 e. The Bertz CT molecular complexity index is 423. The van der Waals surface area contributed by atoms with Gasteiger partial charge in [-0.1, -0.05) is 12.1 Å². The lowest BCUT2D eigenvalue weighted by Gasteiger charge is -2.12. The summed E-state index contributed by atoms with van der Waals surface area (Å²) in [5.41, 5.74) is 3.64. The number of pyridine rings is 1. The molecule has 16 heavy (non-hydrogen) atoms. The second-order valence-corrected chi connectivity index (χ2v) is 3.68. The van der Waals surface area contributed by atoms with Crippen molar-refractivity contribution in [3.05, 3.63) is 48.8 Å². The van der Waals surface area contributed by atoms with Crippen molar-refractivity contribution in [2.45, 2.75) is 0 Å². The number of aromatic nitrogens is 1. The fourth-order valence-electron chi connectivity index (χ4n) is 1.50. The van der Waals surface area contributed by atoms with Crippen molar-refractivity contribution in [3.63, 3.8) is 0 Å². The molecule has 1 aromatic carbocycles. The molecule has 0 saturated heterocycles. The summed E-state index contributed by atoms with van der Waals surface area (Å²) in [6.45, 7) is 0. The number of rotatable bonds is 2. The second kappa shape index (κ2) is 5.52. The quantitative estimate of drug-likeness (QED) is 0.793. The van der Waals surface area contributed by atoms with Gasteiger partial charge in [-0.3, -0.25) is 4.98 Å². The summed E-state index contributed by atoms with van der Waals surface area (Å²) in [4.78, 5) is 6.10. The molecule has 0 aliphatic heterocycles. The second-order valence-electron chi connectivity index (χ2n) is 3.68. The largest absolute Gasteiger partial charge is 0.378 e. The number of hydrogen-bond donors (Lipinski definition) is 0. The van der Waals surface area contributed by atoms with E-state index >= 15 is 0 Å². The van der Waals surface area contributed by atoms with Gasteiger partial charge in [0.05, 0.1) is 0 Å². The molecule has 2 rings (SSSR count). The first-order valence-corrected chi connectivity index (χ1v) is 4.95. The topological polar surface area (TPSA) is 16.1 Å². The van der Waals surface area contributed by atoms with E-state index in [9.17, 15) is 0 Å². The van der Waals surface area contributed by atoms with E-state index in [-0.39, 0.29) is 12.4 Å². The number of anilines is 1. The van der Waals surface area contributed by atoms with Gasteiger partial charge in [0.1, 0.15) is 0 Å². The van der Waals surface area contributed by atoms with Crippen molar-refractivity contribution in [1.29, 1.82) is 0 Å². The molecule has 0 aliphatic rings. The first-order chi connectivity index (χ1) is 7.27. The van der Waals surface area contributed by atoms with Gasteiger partial charge in [0, 0.05) is 32.2 Å². The average molecular weight is 235 g/mol. The Morgan fingerprint density at radius 1 is 0.812 bits per heavy atom. The molecule has 0 saturated carbocycles. The Labute approximate surface area is 102 Å². The van der Waals surface area contributed by atoms with Gasteiger partial charge in [-0.25, -0.2) is 0 Å². The molecular formula is C13H15ClN2. The third kappa shape index (κ3) is 2.74. The van der Waals surface area contributed by atoms with Crippen LogP contribution in [-0.2, 0) is 0 Å². The van der Waals surface area contributed by atoms with Crippen LogP contribution >= 0.6 is 12.4 Å². The zero-order chi connectivity index (χ0) is 10.7. The van der Waals surface area contributed by atoms with E-state index in [1.807, 2.05) is 38.6 Å². The molecule has 2 aromatic rings. The Hall–Kier alpha value is -1.54. The SMILES string of the molecule is CN(C)c1ccc(-c2ccncc2)cc1.Cl. The number of benzene rings is 1. The number of halogens is 1. The summed E-state index contributed by atoms with van der Waals surface area (Å²) in [6, 6.07) is 12.5. The molecule has 0 fully saturated rings. The van der Waals surface area contributed by atoms with E-state index < -0.39 is 0 Å². The van der Waals surface area contributed by atoms with Crippen LogP contribution in [0.1, 0.15) is 0 Å². The number of hydrogen-bond acceptors (Lipinski definition) is 2. The van der Waals surface area contributed by atoms with Gasteiger partial charge >= 0.3 is 0 Å². The summed E-state index contributed by atoms with van der Waals surface area (Å²) in [5, 5.41) is 0. The summed E-state index contributed by atoms with van der Waals surface area (Å²) < 4.78 is 0. The molecule has 0 aliphatic carbocycles. The van der Waals surface area contributed by atoms with Crippen molar-refractivity contribution in [1.82, 2.24) is 4.98 Å². The van der Waals surface area contributed by atoms with Crippen LogP contribution < -0.4 is 4.90 Å². The normalized spacial score (nSPS) is 9.38. The molecule has 2 nitrogen and oxygen atoms in total. The first kappa shape index (κ1) is 12.5. The monoisotopic (exact) mass is 234 g/mol. The Morgan fingerprint density at radius 3 is 1.81 bits per heavy atom. The highest BCUT2D eigenvalue weighted by atomic mass is 35.5. The Kier molecular flexibility index (Phi) is 4.32. The highest BCUT2D eigenvalue weighted by Gasteiger charge is 1.97. The van der Waals surface area contributed by atoms with Crippen molar-refractivity contribution in [2.75, 3.05) is 19.0 Å². The van der Waals surface area contributed by atoms with Gasteiger partial charge in [-0.05, 0) is 35.4 Å². The minimum absolute atomic E-state index is 0. The van der Waals surface area contributed by atoms with Crippen molar-refractivity contribution in [3.8, 4) is 11.1 Å². The summed E-state index contributed by atoms with van der Waals surface area (Å²) in [6.07, 6.45) is 3.63. The molecule has 84 valence electrons. The average Bonchev–Trinajstić information content (AvgIpc) is 2.30. The highest BCUT2D eigenvalue weighted by molar-refractivity contribution is 5.85. The van der Waals surface area contributed by atoms with E-state index in [4.69, 9.17) is 0 Å². The predicted octanol–water partition coefficient (Wildman–Crippen LogP) is 3.24. The molecule has 0 bridgehead atoms. The van der Waals surface area contributed by atoms with Crippen LogP contribution in [0, 0.1) is 0 Å². The summed E-state index contributed by atoms with van der Waals surface area (Å²) in [7, 11) is 4.09. The Morgan fingerprint density at radius 2 is 1.31 bits per heavy atom. The van der Waals surface area contributed by atoms with Gasteiger partial charge in [0.2, 0.25) is 0 Å². The molecular weight excluding hydrogens is 220 g/mol. The lowest BCUT2D eigenvalue weighted by Crippen LogP contribution is -2.07. The van der Waals surface area contributed by atoms with Crippen LogP contribution in [0.15, 0.2) is 48.8 Å². The minimum atomic E-state index is 0.